The smallest absolute Gasteiger partial charge is 0.251 e. The van der Waals surface area contributed by atoms with E-state index in [0.717, 1.165) is 11.1 Å². The standard InChI is InChI=1S/C23H27FN2O3/c1-16-5-3-6-18(13-16)22(28)26-17(2)21(27)25-15-23(9-11-29-12-10-23)19-7-4-8-20(24)14-19/h3-8,13-14,17H,9-12,15H2,1-2H3,(H,25,27)(H,26,28). The van der Waals surface area contributed by atoms with Crippen LogP contribution in [0.15, 0.2) is 48.5 Å². The largest absolute Gasteiger partial charge is 0.381 e. The molecular formula is C23H27FN2O3. The first-order valence-electron chi connectivity index (χ1n) is 9.89. The van der Waals surface area contributed by atoms with Gasteiger partial charge in [0.25, 0.3) is 5.91 Å². The molecule has 2 amide bonds. The highest BCUT2D eigenvalue weighted by Crippen LogP contribution is 2.34. The van der Waals surface area contributed by atoms with Gasteiger partial charge in [-0.25, -0.2) is 4.39 Å². The molecule has 1 fully saturated rings. The highest BCUT2D eigenvalue weighted by molar-refractivity contribution is 5.97. The Balaban J connectivity index is 1.64. The number of nitrogens with one attached hydrogen (secondary N) is 2. The number of rotatable bonds is 6. The van der Waals surface area contributed by atoms with Crippen LogP contribution in [0.2, 0.25) is 0 Å². The molecule has 0 radical (unpaired) electrons. The number of ether oxygens (including phenoxy) is 1. The van der Waals surface area contributed by atoms with Crippen molar-refractivity contribution in [3.05, 3.63) is 71.0 Å². The average molecular weight is 398 g/mol. The summed E-state index contributed by atoms with van der Waals surface area (Å²) in [5, 5.41) is 5.68. The van der Waals surface area contributed by atoms with Gasteiger partial charge in [0.2, 0.25) is 5.91 Å². The highest BCUT2D eigenvalue weighted by Gasteiger charge is 2.35. The molecule has 1 aliphatic heterocycles. The Morgan fingerprint density at radius 2 is 1.86 bits per heavy atom. The van der Waals surface area contributed by atoms with Gasteiger partial charge in [-0.1, -0.05) is 29.8 Å². The number of halogens is 1. The summed E-state index contributed by atoms with van der Waals surface area (Å²) in [5.41, 5.74) is 1.98. The lowest BCUT2D eigenvalue weighted by molar-refractivity contribution is -0.123. The fraction of sp³-hybridized carbons (Fsp3) is 0.391. The molecule has 1 aliphatic rings. The van der Waals surface area contributed by atoms with E-state index in [-0.39, 0.29) is 23.0 Å². The third kappa shape index (κ3) is 5.21. The molecule has 29 heavy (non-hydrogen) atoms. The Bertz CT molecular complexity index is 878. The average Bonchev–Trinajstić information content (AvgIpc) is 2.72. The topological polar surface area (TPSA) is 67.4 Å². The van der Waals surface area contributed by atoms with E-state index in [1.165, 1.54) is 12.1 Å². The predicted molar refractivity (Wildman–Crippen MR) is 109 cm³/mol. The molecule has 2 aromatic carbocycles. The SMILES string of the molecule is Cc1cccc(C(=O)NC(C)C(=O)NCC2(c3cccc(F)c3)CCOCC2)c1. The summed E-state index contributed by atoms with van der Waals surface area (Å²) in [6.07, 6.45) is 1.39. The van der Waals surface area contributed by atoms with Gasteiger partial charge >= 0.3 is 0 Å². The highest BCUT2D eigenvalue weighted by atomic mass is 19.1. The van der Waals surface area contributed by atoms with Crippen LogP contribution >= 0.6 is 0 Å². The molecule has 1 unspecified atom stereocenters. The van der Waals surface area contributed by atoms with E-state index >= 15 is 0 Å². The minimum atomic E-state index is -0.688. The van der Waals surface area contributed by atoms with Gasteiger partial charge in [-0.2, -0.15) is 0 Å². The molecule has 0 spiro atoms. The summed E-state index contributed by atoms with van der Waals surface area (Å²) < 4.78 is 19.3. The van der Waals surface area contributed by atoms with E-state index in [9.17, 15) is 14.0 Å². The lowest BCUT2D eigenvalue weighted by Gasteiger charge is -2.38. The summed E-state index contributed by atoms with van der Waals surface area (Å²) in [4.78, 5) is 25.0. The molecule has 0 aliphatic carbocycles. The second-order valence-corrected chi connectivity index (χ2v) is 7.69. The summed E-state index contributed by atoms with van der Waals surface area (Å²) in [6, 6.07) is 13.0. The van der Waals surface area contributed by atoms with Crippen molar-refractivity contribution in [2.45, 2.75) is 38.1 Å². The van der Waals surface area contributed by atoms with Crippen molar-refractivity contribution in [3.63, 3.8) is 0 Å². The Morgan fingerprint density at radius 1 is 1.14 bits per heavy atom. The van der Waals surface area contributed by atoms with Crippen LogP contribution in [0.3, 0.4) is 0 Å². The van der Waals surface area contributed by atoms with Crippen LogP contribution in [-0.4, -0.2) is 37.6 Å². The quantitative estimate of drug-likeness (QED) is 0.786. The Labute approximate surface area is 170 Å². The molecule has 0 saturated carbocycles. The van der Waals surface area contributed by atoms with Gasteiger partial charge in [0.15, 0.2) is 0 Å². The Kier molecular flexibility index (Phi) is 6.64. The van der Waals surface area contributed by atoms with Crippen LogP contribution in [0.25, 0.3) is 0 Å². The predicted octanol–water partition coefficient (Wildman–Crippen LogP) is 3.12. The number of hydrogen-bond acceptors (Lipinski definition) is 3. The number of amides is 2. The molecule has 1 heterocycles. The van der Waals surface area contributed by atoms with E-state index in [4.69, 9.17) is 4.74 Å². The molecule has 0 bridgehead atoms. The van der Waals surface area contributed by atoms with Gasteiger partial charge in [0, 0.05) is 30.7 Å². The van der Waals surface area contributed by atoms with Crippen molar-refractivity contribution in [1.82, 2.24) is 10.6 Å². The lowest BCUT2D eigenvalue weighted by atomic mass is 9.74. The minimum Gasteiger partial charge on any atom is -0.381 e. The van der Waals surface area contributed by atoms with Crippen LogP contribution < -0.4 is 10.6 Å². The van der Waals surface area contributed by atoms with Crippen LogP contribution in [0.5, 0.6) is 0 Å². The van der Waals surface area contributed by atoms with Gasteiger partial charge in [0.1, 0.15) is 11.9 Å². The molecular weight excluding hydrogens is 371 g/mol. The minimum absolute atomic E-state index is 0.270. The zero-order valence-electron chi connectivity index (χ0n) is 16.8. The summed E-state index contributed by atoms with van der Waals surface area (Å²) in [5.74, 6) is -0.853. The van der Waals surface area contributed by atoms with Crippen molar-refractivity contribution in [1.29, 1.82) is 0 Å². The lowest BCUT2D eigenvalue weighted by Crippen LogP contribution is -2.50. The van der Waals surface area contributed by atoms with Crippen molar-refractivity contribution in [2.75, 3.05) is 19.8 Å². The normalized spacial score (nSPS) is 16.7. The maximum absolute atomic E-state index is 13.8. The molecule has 6 heteroatoms. The molecule has 3 rings (SSSR count). The summed E-state index contributed by atoms with van der Waals surface area (Å²) >= 11 is 0. The molecule has 1 saturated heterocycles. The van der Waals surface area contributed by atoms with Gasteiger partial charge < -0.3 is 15.4 Å². The first-order valence-corrected chi connectivity index (χ1v) is 9.89. The van der Waals surface area contributed by atoms with E-state index in [2.05, 4.69) is 10.6 Å². The number of hydrogen-bond donors (Lipinski definition) is 2. The first-order chi connectivity index (χ1) is 13.9. The van der Waals surface area contributed by atoms with Crippen LogP contribution in [0.1, 0.15) is 41.3 Å². The van der Waals surface area contributed by atoms with Gasteiger partial charge in [-0.15, -0.1) is 0 Å². The van der Waals surface area contributed by atoms with E-state index < -0.39 is 6.04 Å². The maximum atomic E-state index is 13.8. The number of carbonyl (C=O) groups is 2. The first kappa shape index (κ1) is 21.0. The van der Waals surface area contributed by atoms with Crippen molar-refractivity contribution < 1.29 is 18.7 Å². The van der Waals surface area contributed by atoms with Crippen LogP contribution in [0.4, 0.5) is 4.39 Å². The molecule has 5 nitrogen and oxygen atoms in total. The van der Waals surface area contributed by atoms with E-state index in [1.54, 1.807) is 25.1 Å². The fourth-order valence-corrected chi connectivity index (χ4v) is 3.69. The molecule has 2 aromatic rings. The van der Waals surface area contributed by atoms with Crippen LogP contribution in [0, 0.1) is 12.7 Å². The third-order valence-corrected chi connectivity index (χ3v) is 5.51. The maximum Gasteiger partial charge on any atom is 0.251 e. The van der Waals surface area contributed by atoms with Gasteiger partial charge in [-0.3, -0.25) is 9.59 Å². The fourth-order valence-electron chi connectivity index (χ4n) is 3.69. The van der Waals surface area contributed by atoms with Crippen molar-refractivity contribution in [3.8, 4) is 0 Å². The summed E-state index contributed by atoms with van der Waals surface area (Å²) in [7, 11) is 0. The zero-order chi connectivity index (χ0) is 20.9. The molecule has 0 aromatic heterocycles. The van der Waals surface area contributed by atoms with Crippen LogP contribution in [-0.2, 0) is 14.9 Å². The zero-order valence-corrected chi connectivity index (χ0v) is 16.8. The summed E-state index contributed by atoms with van der Waals surface area (Å²) in [6.45, 7) is 5.05. The van der Waals surface area contributed by atoms with E-state index in [0.29, 0.717) is 38.2 Å². The number of benzene rings is 2. The molecule has 1 atom stereocenters. The third-order valence-electron chi connectivity index (χ3n) is 5.51. The van der Waals surface area contributed by atoms with Gasteiger partial charge in [-0.05, 0) is 56.5 Å². The van der Waals surface area contributed by atoms with Crippen molar-refractivity contribution >= 4 is 11.8 Å². The molecule has 2 N–H and O–H groups in total. The second kappa shape index (κ2) is 9.18. The molecule has 154 valence electrons. The second-order valence-electron chi connectivity index (χ2n) is 7.69. The van der Waals surface area contributed by atoms with E-state index in [1.807, 2.05) is 25.1 Å². The Hall–Kier alpha value is -2.73. The van der Waals surface area contributed by atoms with Gasteiger partial charge in [0.05, 0.1) is 0 Å². The number of aryl methyl sites for hydroxylation is 1. The van der Waals surface area contributed by atoms with Crippen molar-refractivity contribution in [2.24, 2.45) is 0 Å². The number of carbonyl (C=O) groups excluding carboxylic acids is 2. The monoisotopic (exact) mass is 398 g/mol. The Morgan fingerprint density at radius 3 is 2.55 bits per heavy atom.